The summed E-state index contributed by atoms with van der Waals surface area (Å²) in [5, 5.41) is 3.63. The summed E-state index contributed by atoms with van der Waals surface area (Å²) in [6, 6.07) is 4.43. The van der Waals surface area contributed by atoms with E-state index in [9.17, 15) is 8.42 Å². The SMILES string of the molecule is Cc1ccc(S(=O)(=O)N[C@H](C)c2ncon2)cc1N(C)C. The molecule has 0 fully saturated rings. The number of nitrogens with zero attached hydrogens (tertiary/aromatic N) is 3. The molecule has 114 valence electrons. The summed E-state index contributed by atoms with van der Waals surface area (Å²) in [7, 11) is 0.0816. The van der Waals surface area contributed by atoms with Crippen molar-refractivity contribution in [1.82, 2.24) is 14.9 Å². The Hall–Kier alpha value is -1.93. The van der Waals surface area contributed by atoms with Gasteiger partial charge in [-0.05, 0) is 31.5 Å². The molecule has 21 heavy (non-hydrogen) atoms. The first-order chi connectivity index (χ1) is 9.81. The van der Waals surface area contributed by atoms with Crippen molar-refractivity contribution in [3.05, 3.63) is 36.0 Å². The third-order valence-electron chi connectivity index (χ3n) is 3.07. The highest BCUT2D eigenvalue weighted by Gasteiger charge is 2.21. The lowest BCUT2D eigenvalue weighted by atomic mass is 10.2. The largest absolute Gasteiger partial charge is 0.377 e. The number of benzene rings is 1. The Bertz CT molecular complexity index is 711. The first kappa shape index (κ1) is 15.5. The molecule has 1 atom stereocenters. The second kappa shape index (κ2) is 5.82. The van der Waals surface area contributed by atoms with E-state index in [0.717, 1.165) is 17.6 Å². The maximum atomic E-state index is 12.4. The molecule has 0 amide bonds. The molecule has 1 aromatic heterocycles. The van der Waals surface area contributed by atoms with Gasteiger partial charge in [-0.15, -0.1) is 0 Å². The average Bonchev–Trinajstić information content (AvgIpc) is 2.92. The van der Waals surface area contributed by atoms with Crippen LogP contribution in [0.5, 0.6) is 0 Å². The Morgan fingerprint density at radius 1 is 1.33 bits per heavy atom. The predicted octanol–water partition coefficient (Wildman–Crippen LogP) is 1.48. The molecule has 2 rings (SSSR count). The van der Waals surface area contributed by atoms with Gasteiger partial charge in [-0.3, -0.25) is 0 Å². The Morgan fingerprint density at radius 3 is 2.62 bits per heavy atom. The zero-order valence-corrected chi connectivity index (χ0v) is 13.2. The van der Waals surface area contributed by atoms with Crippen LogP contribution in [0.3, 0.4) is 0 Å². The Morgan fingerprint density at radius 2 is 2.05 bits per heavy atom. The number of aromatic nitrogens is 2. The van der Waals surface area contributed by atoms with E-state index in [-0.39, 0.29) is 4.90 Å². The molecule has 0 spiro atoms. The number of anilines is 1. The minimum Gasteiger partial charge on any atom is -0.377 e. The molecular weight excluding hydrogens is 292 g/mol. The summed E-state index contributed by atoms with van der Waals surface area (Å²) in [5.74, 6) is 0.290. The maximum absolute atomic E-state index is 12.4. The fraction of sp³-hybridized carbons (Fsp3) is 0.385. The van der Waals surface area contributed by atoms with Crippen molar-refractivity contribution in [2.75, 3.05) is 19.0 Å². The van der Waals surface area contributed by atoms with Gasteiger partial charge in [0.05, 0.1) is 10.9 Å². The molecule has 8 heteroatoms. The van der Waals surface area contributed by atoms with Crippen LogP contribution in [0, 0.1) is 6.92 Å². The zero-order valence-electron chi connectivity index (χ0n) is 12.4. The van der Waals surface area contributed by atoms with Crippen LogP contribution >= 0.6 is 0 Å². The monoisotopic (exact) mass is 310 g/mol. The molecule has 0 bridgehead atoms. The van der Waals surface area contributed by atoms with Gasteiger partial charge in [-0.2, -0.15) is 4.98 Å². The molecule has 0 saturated carbocycles. The van der Waals surface area contributed by atoms with Gasteiger partial charge in [-0.25, -0.2) is 13.1 Å². The fourth-order valence-electron chi connectivity index (χ4n) is 1.96. The number of nitrogens with one attached hydrogen (secondary N) is 1. The second-order valence-corrected chi connectivity index (χ2v) is 6.69. The molecule has 0 aliphatic rings. The van der Waals surface area contributed by atoms with Crippen LogP contribution in [-0.2, 0) is 10.0 Å². The van der Waals surface area contributed by atoms with Crippen LogP contribution in [0.25, 0.3) is 0 Å². The lowest BCUT2D eigenvalue weighted by Crippen LogP contribution is -2.27. The highest BCUT2D eigenvalue weighted by atomic mass is 32.2. The van der Waals surface area contributed by atoms with E-state index in [1.165, 1.54) is 0 Å². The van der Waals surface area contributed by atoms with E-state index < -0.39 is 16.1 Å². The summed E-state index contributed by atoms with van der Waals surface area (Å²) in [6.07, 6.45) is 1.16. The van der Waals surface area contributed by atoms with Crippen molar-refractivity contribution in [1.29, 1.82) is 0 Å². The van der Waals surface area contributed by atoms with E-state index in [4.69, 9.17) is 0 Å². The third-order valence-corrected chi connectivity index (χ3v) is 4.61. The van der Waals surface area contributed by atoms with Gasteiger partial charge in [0.1, 0.15) is 0 Å². The van der Waals surface area contributed by atoms with Crippen LogP contribution in [0.15, 0.2) is 34.0 Å². The molecule has 7 nitrogen and oxygen atoms in total. The molecule has 0 radical (unpaired) electrons. The Labute approximate surface area is 124 Å². The highest BCUT2D eigenvalue weighted by molar-refractivity contribution is 7.89. The number of hydrogen-bond acceptors (Lipinski definition) is 6. The van der Waals surface area contributed by atoms with Crippen molar-refractivity contribution in [2.24, 2.45) is 0 Å². The van der Waals surface area contributed by atoms with Crippen molar-refractivity contribution in [3.8, 4) is 0 Å². The van der Waals surface area contributed by atoms with Crippen LogP contribution in [-0.4, -0.2) is 32.7 Å². The number of hydrogen-bond donors (Lipinski definition) is 1. The molecule has 2 aromatic rings. The first-order valence-corrected chi connectivity index (χ1v) is 7.86. The van der Waals surface area contributed by atoms with Crippen molar-refractivity contribution in [2.45, 2.75) is 24.8 Å². The Balaban J connectivity index is 2.29. The maximum Gasteiger partial charge on any atom is 0.241 e. The quantitative estimate of drug-likeness (QED) is 0.900. The summed E-state index contributed by atoms with van der Waals surface area (Å²) < 4.78 is 32.0. The molecule has 1 heterocycles. The fourth-order valence-corrected chi connectivity index (χ4v) is 3.18. The van der Waals surface area contributed by atoms with Crippen molar-refractivity contribution >= 4 is 15.7 Å². The van der Waals surface area contributed by atoms with Gasteiger partial charge in [0, 0.05) is 19.8 Å². The third kappa shape index (κ3) is 3.40. The molecule has 0 aliphatic carbocycles. The summed E-state index contributed by atoms with van der Waals surface area (Å²) in [4.78, 5) is 5.91. The molecule has 0 saturated heterocycles. The average molecular weight is 310 g/mol. The predicted molar refractivity (Wildman–Crippen MR) is 78.5 cm³/mol. The molecule has 0 unspecified atom stereocenters. The summed E-state index contributed by atoms with van der Waals surface area (Å²) >= 11 is 0. The van der Waals surface area contributed by atoms with E-state index >= 15 is 0 Å². The second-order valence-electron chi connectivity index (χ2n) is 4.98. The topological polar surface area (TPSA) is 88.3 Å². The summed E-state index contributed by atoms with van der Waals surface area (Å²) in [5.41, 5.74) is 1.86. The van der Waals surface area contributed by atoms with Crippen LogP contribution in [0.4, 0.5) is 5.69 Å². The van der Waals surface area contributed by atoms with Crippen LogP contribution in [0.1, 0.15) is 24.4 Å². The first-order valence-electron chi connectivity index (χ1n) is 6.38. The molecule has 0 aliphatic heterocycles. The highest BCUT2D eigenvalue weighted by Crippen LogP contribution is 2.23. The van der Waals surface area contributed by atoms with E-state index in [1.54, 1.807) is 25.1 Å². The lowest BCUT2D eigenvalue weighted by molar-refractivity contribution is 0.404. The van der Waals surface area contributed by atoms with Crippen LogP contribution in [0.2, 0.25) is 0 Å². The van der Waals surface area contributed by atoms with Gasteiger partial charge >= 0.3 is 0 Å². The molecule has 1 N–H and O–H groups in total. The van der Waals surface area contributed by atoms with E-state index in [0.29, 0.717) is 5.82 Å². The number of rotatable bonds is 5. The van der Waals surface area contributed by atoms with Crippen LogP contribution < -0.4 is 9.62 Å². The standard InChI is InChI=1S/C13H18N4O3S/c1-9-5-6-11(7-12(9)17(3)4)21(18,19)16-10(2)13-14-8-20-15-13/h5-8,10,16H,1-4H3/t10-/m1/s1. The minimum atomic E-state index is -3.66. The molecule has 1 aromatic carbocycles. The minimum absolute atomic E-state index is 0.201. The number of sulfonamides is 1. The number of aryl methyl sites for hydroxylation is 1. The van der Waals surface area contributed by atoms with Crippen molar-refractivity contribution in [3.63, 3.8) is 0 Å². The lowest BCUT2D eigenvalue weighted by Gasteiger charge is -2.17. The van der Waals surface area contributed by atoms with Crippen molar-refractivity contribution < 1.29 is 12.9 Å². The smallest absolute Gasteiger partial charge is 0.241 e. The normalized spacial score (nSPS) is 13.1. The van der Waals surface area contributed by atoms with Gasteiger partial charge < -0.3 is 9.42 Å². The van der Waals surface area contributed by atoms with Gasteiger partial charge in [0.2, 0.25) is 16.4 Å². The van der Waals surface area contributed by atoms with E-state index in [1.807, 2.05) is 25.9 Å². The Kier molecular flexibility index (Phi) is 4.29. The molecular formula is C13H18N4O3S. The van der Waals surface area contributed by atoms with E-state index in [2.05, 4.69) is 19.4 Å². The van der Waals surface area contributed by atoms with Gasteiger partial charge in [-0.1, -0.05) is 11.2 Å². The van der Waals surface area contributed by atoms with Gasteiger partial charge in [0.15, 0.2) is 5.82 Å². The van der Waals surface area contributed by atoms with Gasteiger partial charge in [0.25, 0.3) is 0 Å². The zero-order chi connectivity index (χ0) is 15.6. The summed E-state index contributed by atoms with van der Waals surface area (Å²) in [6.45, 7) is 3.59.